The molecule has 0 fully saturated rings. The highest BCUT2D eigenvalue weighted by atomic mass is 19.4. The fraction of sp³-hybridized carbons (Fsp3) is 0.296. The third-order valence-electron chi connectivity index (χ3n) is 5.46. The van der Waals surface area contributed by atoms with Crippen molar-refractivity contribution >= 4 is 5.97 Å². The molecule has 0 saturated heterocycles. The summed E-state index contributed by atoms with van der Waals surface area (Å²) >= 11 is 0. The Morgan fingerprint density at radius 3 is 2.14 bits per heavy atom. The van der Waals surface area contributed by atoms with Gasteiger partial charge >= 0.3 is 18.3 Å². The van der Waals surface area contributed by atoms with E-state index in [1.165, 1.54) is 49.6 Å². The van der Waals surface area contributed by atoms with Gasteiger partial charge in [0.25, 0.3) is 0 Å². The summed E-state index contributed by atoms with van der Waals surface area (Å²) in [5, 5.41) is 0. The molecule has 0 amide bonds. The van der Waals surface area contributed by atoms with Gasteiger partial charge in [0.2, 0.25) is 0 Å². The molecule has 0 saturated carbocycles. The first kappa shape index (κ1) is 27.1. The van der Waals surface area contributed by atoms with Crippen molar-refractivity contribution < 1.29 is 40.6 Å². The van der Waals surface area contributed by atoms with Crippen LogP contribution in [0.3, 0.4) is 0 Å². The van der Waals surface area contributed by atoms with E-state index in [1.807, 2.05) is 13.8 Å². The van der Waals surface area contributed by atoms with Crippen LogP contribution in [0.1, 0.15) is 42.9 Å². The maximum absolute atomic E-state index is 13.7. The van der Waals surface area contributed by atoms with E-state index in [-0.39, 0.29) is 28.5 Å². The Bertz CT molecular complexity index is 1210. The molecule has 192 valence electrons. The molecule has 0 aliphatic heterocycles. The van der Waals surface area contributed by atoms with Crippen LogP contribution in [0.2, 0.25) is 0 Å². The lowest BCUT2D eigenvalue weighted by Gasteiger charge is -2.20. The van der Waals surface area contributed by atoms with E-state index in [9.17, 15) is 31.1 Å². The van der Waals surface area contributed by atoms with E-state index >= 15 is 0 Å². The van der Waals surface area contributed by atoms with Gasteiger partial charge in [0.05, 0.1) is 24.2 Å². The summed E-state index contributed by atoms with van der Waals surface area (Å²) in [5.74, 6) is -1.55. The molecular formula is C27H24F6O3. The van der Waals surface area contributed by atoms with Crippen LogP contribution in [-0.2, 0) is 21.9 Å². The molecule has 9 heteroatoms. The second-order valence-corrected chi connectivity index (χ2v) is 8.67. The molecule has 0 N–H and O–H groups in total. The van der Waals surface area contributed by atoms with Gasteiger partial charge in [-0.1, -0.05) is 44.2 Å². The molecule has 0 aliphatic carbocycles. The van der Waals surface area contributed by atoms with Crippen molar-refractivity contribution in [2.24, 2.45) is 5.92 Å². The van der Waals surface area contributed by atoms with Crippen molar-refractivity contribution in [3.05, 3.63) is 83.4 Å². The monoisotopic (exact) mass is 510 g/mol. The molecule has 3 aromatic carbocycles. The largest absolute Gasteiger partial charge is 0.469 e. The van der Waals surface area contributed by atoms with Gasteiger partial charge in [-0.15, -0.1) is 0 Å². The number of halogens is 6. The smallest absolute Gasteiger partial charge is 0.417 e. The highest BCUT2D eigenvalue weighted by molar-refractivity contribution is 5.80. The van der Waals surface area contributed by atoms with E-state index in [1.54, 1.807) is 0 Å². The number of hydrogen-bond acceptors (Lipinski definition) is 3. The fourth-order valence-electron chi connectivity index (χ4n) is 3.87. The van der Waals surface area contributed by atoms with Crippen LogP contribution in [0.25, 0.3) is 11.1 Å². The van der Waals surface area contributed by atoms with Crippen LogP contribution in [0, 0.1) is 5.92 Å². The number of ether oxygens (including phenoxy) is 2. The molecule has 36 heavy (non-hydrogen) atoms. The quantitative estimate of drug-likeness (QED) is 0.236. The molecule has 0 heterocycles. The van der Waals surface area contributed by atoms with Crippen LogP contribution in [0.4, 0.5) is 26.3 Å². The zero-order chi connectivity index (χ0) is 26.7. The Labute approximate surface area is 204 Å². The molecule has 0 bridgehead atoms. The molecule has 0 radical (unpaired) electrons. The topological polar surface area (TPSA) is 35.5 Å². The zero-order valence-electron chi connectivity index (χ0n) is 19.7. The van der Waals surface area contributed by atoms with Crippen LogP contribution in [0.5, 0.6) is 11.5 Å². The van der Waals surface area contributed by atoms with Gasteiger partial charge in [-0.25, -0.2) is 0 Å². The van der Waals surface area contributed by atoms with Crippen molar-refractivity contribution in [1.29, 1.82) is 0 Å². The summed E-state index contributed by atoms with van der Waals surface area (Å²) in [6.45, 7) is 3.75. The molecule has 1 unspecified atom stereocenters. The number of esters is 1. The number of carbonyl (C=O) groups is 1. The standard InChI is InChI=1S/C27H24F6O3/c1-16(2)11-23(25(34)35-3)18-12-17(22-9-4-5-10-24(22)27(31,32)33)13-21(14-18)36-20-8-6-7-19(15-20)26(28,29)30/h4-10,12-16,23H,11H2,1-3H3. The van der Waals surface area contributed by atoms with Gasteiger partial charge in [-0.05, 0) is 65.4 Å². The Morgan fingerprint density at radius 1 is 0.833 bits per heavy atom. The fourth-order valence-corrected chi connectivity index (χ4v) is 3.87. The van der Waals surface area contributed by atoms with Crippen molar-refractivity contribution in [2.75, 3.05) is 7.11 Å². The second kappa shape index (κ2) is 10.6. The Morgan fingerprint density at radius 2 is 1.53 bits per heavy atom. The third kappa shape index (κ3) is 6.59. The average Bonchev–Trinajstić information content (AvgIpc) is 2.81. The number of rotatable bonds is 7. The number of alkyl halides is 6. The van der Waals surface area contributed by atoms with E-state index in [4.69, 9.17) is 9.47 Å². The van der Waals surface area contributed by atoms with Crippen LogP contribution < -0.4 is 4.74 Å². The zero-order valence-corrected chi connectivity index (χ0v) is 19.7. The number of hydrogen-bond donors (Lipinski definition) is 0. The first-order valence-corrected chi connectivity index (χ1v) is 11.0. The predicted molar refractivity (Wildman–Crippen MR) is 123 cm³/mol. The lowest BCUT2D eigenvalue weighted by molar-refractivity contribution is -0.143. The normalized spacial score (nSPS) is 12.9. The van der Waals surface area contributed by atoms with Gasteiger partial charge in [0.15, 0.2) is 0 Å². The first-order valence-electron chi connectivity index (χ1n) is 11.0. The third-order valence-corrected chi connectivity index (χ3v) is 5.46. The highest BCUT2D eigenvalue weighted by Crippen LogP contribution is 2.41. The average molecular weight is 510 g/mol. The summed E-state index contributed by atoms with van der Waals surface area (Å²) in [4.78, 5) is 12.6. The van der Waals surface area contributed by atoms with Crippen molar-refractivity contribution in [2.45, 2.75) is 38.5 Å². The minimum Gasteiger partial charge on any atom is -0.469 e. The van der Waals surface area contributed by atoms with Crippen LogP contribution in [0.15, 0.2) is 66.7 Å². The lowest BCUT2D eigenvalue weighted by Crippen LogP contribution is -2.16. The summed E-state index contributed by atoms with van der Waals surface area (Å²) in [6, 6.07) is 13.2. The van der Waals surface area contributed by atoms with Gasteiger partial charge in [-0.3, -0.25) is 4.79 Å². The highest BCUT2D eigenvalue weighted by Gasteiger charge is 2.34. The van der Waals surface area contributed by atoms with Crippen molar-refractivity contribution in [1.82, 2.24) is 0 Å². The molecule has 0 aromatic heterocycles. The van der Waals surface area contributed by atoms with Gasteiger partial charge in [0, 0.05) is 0 Å². The van der Waals surface area contributed by atoms with Gasteiger partial charge in [-0.2, -0.15) is 26.3 Å². The Hall–Kier alpha value is -3.49. The number of benzene rings is 3. The summed E-state index contributed by atoms with van der Waals surface area (Å²) < 4.78 is 91.3. The molecule has 3 nitrogen and oxygen atoms in total. The molecule has 0 aliphatic rings. The SMILES string of the molecule is COC(=O)C(CC(C)C)c1cc(Oc2cccc(C(F)(F)F)c2)cc(-c2ccccc2C(F)(F)F)c1. The van der Waals surface area contributed by atoms with Crippen molar-refractivity contribution in [3.8, 4) is 22.6 Å². The van der Waals surface area contributed by atoms with E-state index < -0.39 is 35.4 Å². The Balaban J connectivity index is 2.19. The van der Waals surface area contributed by atoms with E-state index in [2.05, 4.69) is 0 Å². The maximum atomic E-state index is 13.7. The molecule has 0 spiro atoms. The number of carbonyl (C=O) groups excluding carboxylic acids is 1. The van der Waals surface area contributed by atoms with Gasteiger partial charge < -0.3 is 9.47 Å². The predicted octanol–water partition coefficient (Wildman–Crippen LogP) is 8.49. The Kier molecular flexibility index (Phi) is 8.01. The summed E-state index contributed by atoms with van der Waals surface area (Å²) in [7, 11) is 1.21. The maximum Gasteiger partial charge on any atom is 0.417 e. The molecule has 3 aromatic rings. The van der Waals surface area contributed by atoms with Gasteiger partial charge in [0.1, 0.15) is 11.5 Å². The van der Waals surface area contributed by atoms with Crippen LogP contribution in [-0.4, -0.2) is 13.1 Å². The minimum atomic E-state index is -4.66. The lowest BCUT2D eigenvalue weighted by atomic mass is 9.87. The first-order chi connectivity index (χ1) is 16.8. The van der Waals surface area contributed by atoms with E-state index in [0.29, 0.717) is 12.0 Å². The number of methoxy groups -OCH3 is 1. The summed E-state index contributed by atoms with van der Waals surface area (Å²) in [6.07, 6.45) is -8.93. The molecule has 1 atom stereocenters. The second-order valence-electron chi connectivity index (χ2n) is 8.67. The van der Waals surface area contributed by atoms with Crippen molar-refractivity contribution in [3.63, 3.8) is 0 Å². The van der Waals surface area contributed by atoms with E-state index in [0.717, 1.165) is 24.3 Å². The molecular weight excluding hydrogens is 486 g/mol. The summed E-state index contributed by atoms with van der Waals surface area (Å²) in [5.41, 5.74) is -1.57. The van der Waals surface area contributed by atoms with Crippen LogP contribution >= 0.6 is 0 Å². The molecule has 3 rings (SSSR count). The minimum absolute atomic E-state index is 0.0172.